The van der Waals surface area contributed by atoms with Crippen molar-refractivity contribution in [2.24, 2.45) is 5.41 Å². The molecule has 2 nitrogen and oxygen atoms in total. The van der Waals surface area contributed by atoms with Gasteiger partial charge in [-0.2, -0.15) is 5.26 Å². The SMILES string of the molecule is C/C=C(/C#N)C(O)C(C)(C)C. The van der Waals surface area contributed by atoms with Crippen LogP contribution in [0.4, 0.5) is 0 Å². The van der Waals surface area contributed by atoms with Crippen molar-refractivity contribution >= 4 is 0 Å². The lowest BCUT2D eigenvalue weighted by Crippen LogP contribution is -2.27. The van der Waals surface area contributed by atoms with Crippen LogP contribution in [-0.2, 0) is 0 Å². The van der Waals surface area contributed by atoms with Crippen molar-refractivity contribution in [2.45, 2.75) is 33.8 Å². The van der Waals surface area contributed by atoms with Gasteiger partial charge in [0.05, 0.1) is 17.7 Å². The zero-order valence-electron chi connectivity index (χ0n) is 7.55. The number of allylic oxidation sites excluding steroid dienone is 1. The predicted octanol–water partition coefficient (Wildman–Crippen LogP) is 1.86. The fourth-order valence-electron chi connectivity index (χ4n) is 0.750. The zero-order chi connectivity index (χ0) is 9.07. The molecule has 0 aromatic rings. The van der Waals surface area contributed by atoms with Crippen molar-refractivity contribution in [3.05, 3.63) is 11.6 Å². The molecule has 1 N–H and O–H groups in total. The van der Waals surface area contributed by atoms with Crippen molar-refractivity contribution in [2.75, 3.05) is 0 Å². The zero-order valence-corrected chi connectivity index (χ0v) is 7.55. The summed E-state index contributed by atoms with van der Waals surface area (Å²) in [6, 6.07) is 1.97. The maximum absolute atomic E-state index is 9.55. The molecule has 11 heavy (non-hydrogen) atoms. The molecule has 0 bridgehead atoms. The highest BCUT2D eigenvalue weighted by Gasteiger charge is 2.24. The lowest BCUT2D eigenvalue weighted by Gasteiger charge is -2.24. The van der Waals surface area contributed by atoms with Crippen LogP contribution in [0.15, 0.2) is 11.6 Å². The van der Waals surface area contributed by atoms with Crippen LogP contribution in [0.1, 0.15) is 27.7 Å². The van der Waals surface area contributed by atoms with Gasteiger partial charge in [0.25, 0.3) is 0 Å². The highest BCUT2D eigenvalue weighted by molar-refractivity contribution is 5.25. The van der Waals surface area contributed by atoms with Gasteiger partial charge in [0.1, 0.15) is 0 Å². The van der Waals surface area contributed by atoms with E-state index in [1.165, 1.54) is 0 Å². The summed E-state index contributed by atoms with van der Waals surface area (Å²) in [5, 5.41) is 18.1. The first-order chi connectivity index (χ1) is 4.93. The van der Waals surface area contributed by atoms with Gasteiger partial charge < -0.3 is 5.11 Å². The number of nitriles is 1. The Morgan fingerprint density at radius 3 is 2.09 bits per heavy atom. The van der Waals surface area contributed by atoms with E-state index in [1.807, 2.05) is 26.8 Å². The fourth-order valence-corrected chi connectivity index (χ4v) is 0.750. The van der Waals surface area contributed by atoms with Gasteiger partial charge in [0.15, 0.2) is 0 Å². The lowest BCUT2D eigenvalue weighted by atomic mass is 9.85. The first-order valence-electron chi connectivity index (χ1n) is 3.68. The highest BCUT2D eigenvalue weighted by Crippen LogP contribution is 2.24. The Morgan fingerprint density at radius 1 is 1.55 bits per heavy atom. The average molecular weight is 153 g/mol. The molecule has 1 atom stereocenters. The molecule has 0 aliphatic heterocycles. The summed E-state index contributed by atoms with van der Waals surface area (Å²) in [7, 11) is 0. The fraction of sp³-hybridized carbons (Fsp3) is 0.667. The van der Waals surface area contributed by atoms with Crippen molar-refractivity contribution in [1.29, 1.82) is 5.26 Å². The van der Waals surface area contributed by atoms with Crippen LogP contribution in [0, 0.1) is 16.7 Å². The minimum Gasteiger partial charge on any atom is -0.387 e. The van der Waals surface area contributed by atoms with Crippen molar-refractivity contribution in [3.8, 4) is 6.07 Å². The summed E-state index contributed by atoms with van der Waals surface area (Å²) in [6.45, 7) is 7.46. The van der Waals surface area contributed by atoms with Crippen LogP contribution in [0.2, 0.25) is 0 Å². The Kier molecular flexibility index (Phi) is 3.28. The number of aliphatic hydroxyl groups excluding tert-OH is 1. The third-order valence-electron chi connectivity index (χ3n) is 1.56. The van der Waals surface area contributed by atoms with Crippen molar-refractivity contribution in [3.63, 3.8) is 0 Å². The molecule has 0 aromatic carbocycles. The van der Waals surface area contributed by atoms with Gasteiger partial charge in [0.2, 0.25) is 0 Å². The molecule has 0 rings (SSSR count). The molecule has 0 heterocycles. The van der Waals surface area contributed by atoms with Gasteiger partial charge in [0, 0.05) is 0 Å². The van der Waals surface area contributed by atoms with Gasteiger partial charge in [-0.15, -0.1) is 0 Å². The molecule has 0 aliphatic rings. The third kappa shape index (κ3) is 2.73. The second kappa shape index (κ2) is 3.54. The van der Waals surface area contributed by atoms with Gasteiger partial charge in [-0.1, -0.05) is 26.8 Å². The average Bonchev–Trinajstić information content (AvgIpc) is 1.88. The molecular weight excluding hydrogens is 138 g/mol. The van der Waals surface area contributed by atoms with E-state index in [1.54, 1.807) is 13.0 Å². The van der Waals surface area contributed by atoms with Crippen LogP contribution in [-0.4, -0.2) is 11.2 Å². The largest absolute Gasteiger partial charge is 0.387 e. The molecule has 0 radical (unpaired) electrons. The van der Waals surface area contributed by atoms with Crippen LogP contribution < -0.4 is 0 Å². The molecule has 0 amide bonds. The standard InChI is InChI=1S/C9H15NO/c1-5-7(6-10)8(11)9(2,3)4/h5,8,11H,1-4H3/b7-5-. The second-order valence-electron chi connectivity index (χ2n) is 3.62. The molecule has 1 unspecified atom stereocenters. The minimum atomic E-state index is -0.655. The van der Waals surface area contributed by atoms with E-state index in [9.17, 15) is 5.11 Å². The maximum Gasteiger partial charge on any atom is 0.0971 e. The summed E-state index contributed by atoms with van der Waals surface area (Å²) < 4.78 is 0. The van der Waals surface area contributed by atoms with Gasteiger partial charge in [-0.05, 0) is 12.3 Å². The molecule has 62 valence electrons. The molecular formula is C9H15NO. The van der Waals surface area contributed by atoms with E-state index < -0.39 is 6.10 Å². The third-order valence-corrected chi connectivity index (χ3v) is 1.56. The molecule has 0 fully saturated rings. The monoisotopic (exact) mass is 153 g/mol. The number of hydrogen-bond donors (Lipinski definition) is 1. The van der Waals surface area contributed by atoms with E-state index in [-0.39, 0.29) is 5.41 Å². The van der Waals surface area contributed by atoms with Crippen molar-refractivity contribution < 1.29 is 5.11 Å². The Morgan fingerprint density at radius 2 is 2.00 bits per heavy atom. The number of hydrogen-bond acceptors (Lipinski definition) is 2. The summed E-state index contributed by atoms with van der Waals surface area (Å²) in [4.78, 5) is 0. The first-order valence-corrected chi connectivity index (χ1v) is 3.68. The summed E-state index contributed by atoms with van der Waals surface area (Å²) in [5.41, 5.74) is 0.190. The summed E-state index contributed by atoms with van der Waals surface area (Å²) in [5.74, 6) is 0. The van der Waals surface area contributed by atoms with Crippen LogP contribution in [0.5, 0.6) is 0 Å². The van der Waals surface area contributed by atoms with Gasteiger partial charge >= 0.3 is 0 Å². The highest BCUT2D eigenvalue weighted by atomic mass is 16.3. The van der Waals surface area contributed by atoms with Crippen LogP contribution in [0.25, 0.3) is 0 Å². The molecule has 0 spiro atoms. The lowest BCUT2D eigenvalue weighted by molar-refractivity contribution is 0.0985. The van der Waals surface area contributed by atoms with Crippen LogP contribution in [0.3, 0.4) is 0 Å². The molecule has 0 saturated carbocycles. The van der Waals surface area contributed by atoms with E-state index in [4.69, 9.17) is 5.26 Å². The quantitative estimate of drug-likeness (QED) is 0.584. The Bertz CT molecular complexity index is 193. The molecule has 0 aliphatic carbocycles. The molecule has 2 heteroatoms. The Balaban J connectivity index is 4.51. The normalized spacial score (nSPS) is 15.8. The molecule has 0 saturated heterocycles. The number of rotatable bonds is 1. The topological polar surface area (TPSA) is 44.0 Å². The Hall–Kier alpha value is -0.810. The van der Waals surface area contributed by atoms with Gasteiger partial charge in [-0.25, -0.2) is 0 Å². The minimum absolute atomic E-state index is 0.252. The second-order valence-corrected chi connectivity index (χ2v) is 3.62. The van der Waals surface area contributed by atoms with E-state index >= 15 is 0 Å². The van der Waals surface area contributed by atoms with Gasteiger partial charge in [-0.3, -0.25) is 0 Å². The maximum atomic E-state index is 9.55. The van der Waals surface area contributed by atoms with Crippen molar-refractivity contribution in [1.82, 2.24) is 0 Å². The Labute approximate surface area is 68.2 Å². The first kappa shape index (κ1) is 10.2. The number of aliphatic hydroxyl groups is 1. The van der Waals surface area contributed by atoms with E-state index in [0.717, 1.165) is 0 Å². The predicted molar refractivity (Wildman–Crippen MR) is 44.8 cm³/mol. The molecule has 0 aromatic heterocycles. The number of nitrogens with zero attached hydrogens (tertiary/aromatic N) is 1. The van der Waals surface area contributed by atoms with Crippen LogP contribution >= 0.6 is 0 Å². The van der Waals surface area contributed by atoms with E-state index in [0.29, 0.717) is 5.57 Å². The summed E-state index contributed by atoms with van der Waals surface area (Å²) in [6.07, 6.45) is 0.994. The summed E-state index contributed by atoms with van der Waals surface area (Å²) >= 11 is 0. The van der Waals surface area contributed by atoms with E-state index in [2.05, 4.69) is 0 Å². The smallest absolute Gasteiger partial charge is 0.0971 e.